The number of rotatable bonds is 8. The Morgan fingerprint density at radius 2 is 1.71 bits per heavy atom. The van der Waals surface area contributed by atoms with Gasteiger partial charge in [-0.1, -0.05) is 36.4 Å². The Labute approximate surface area is 201 Å². The number of anilines is 1. The van der Waals surface area contributed by atoms with E-state index >= 15 is 0 Å². The number of aromatic nitrogens is 2. The minimum absolute atomic E-state index is 0.00245. The van der Waals surface area contributed by atoms with Crippen LogP contribution in [0.5, 0.6) is 5.75 Å². The molecule has 1 aromatic heterocycles. The van der Waals surface area contributed by atoms with Crippen molar-refractivity contribution in [2.24, 2.45) is 0 Å². The van der Waals surface area contributed by atoms with E-state index in [-0.39, 0.29) is 6.42 Å². The van der Waals surface area contributed by atoms with E-state index in [4.69, 9.17) is 9.84 Å². The van der Waals surface area contributed by atoms with E-state index in [0.717, 1.165) is 53.6 Å². The van der Waals surface area contributed by atoms with Crippen LogP contribution in [0.1, 0.15) is 25.0 Å². The third-order valence-corrected chi connectivity index (χ3v) is 6.21. The summed E-state index contributed by atoms with van der Waals surface area (Å²) in [6.45, 7) is 9.44. The molecule has 7 nitrogen and oxygen atoms in total. The summed E-state index contributed by atoms with van der Waals surface area (Å²) < 4.78 is 6.00. The van der Waals surface area contributed by atoms with Gasteiger partial charge in [-0.25, -0.2) is 9.97 Å². The predicted molar refractivity (Wildman–Crippen MR) is 133 cm³/mol. The molecule has 1 saturated heterocycles. The fourth-order valence-corrected chi connectivity index (χ4v) is 4.68. The van der Waals surface area contributed by atoms with E-state index in [1.165, 1.54) is 0 Å². The molecule has 1 fully saturated rings. The molecule has 1 aliphatic heterocycles. The second-order valence-electron chi connectivity index (χ2n) is 9.05. The average Bonchev–Trinajstić information content (AvgIpc) is 2.80. The summed E-state index contributed by atoms with van der Waals surface area (Å²) in [6, 6.07) is 16.5. The van der Waals surface area contributed by atoms with Gasteiger partial charge >= 0.3 is 5.97 Å². The minimum Gasteiger partial charge on any atom is -0.492 e. The average molecular weight is 461 g/mol. The third-order valence-electron chi connectivity index (χ3n) is 6.21. The number of nitrogens with zero attached hydrogens (tertiary/aromatic N) is 4. The Morgan fingerprint density at radius 3 is 2.35 bits per heavy atom. The van der Waals surface area contributed by atoms with E-state index in [2.05, 4.69) is 45.7 Å². The van der Waals surface area contributed by atoms with E-state index in [1.54, 1.807) is 0 Å². The highest BCUT2D eigenvalue weighted by molar-refractivity contribution is 5.70. The van der Waals surface area contributed by atoms with Crippen LogP contribution in [0, 0.1) is 6.92 Å². The van der Waals surface area contributed by atoms with E-state index in [9.17, 15) is 4.79 Å². The molecule has 0 unspecified atom stereocenters. The Balaban J connectivity index is 1.33. The van der Waals surface area contributed by atoms with Crippen molar-refractivity contribution in [2.75, 3.05) is 31.1 Å². The van der Waals surface area contributed by atoms with Crippen LogP contribution in [0.25, 0.3) is 11.1 Å². The van der Waals surface area contributed by atoms with Crippen molar-refractivity contribution in [1.82, 2.24) is 14.9 Å². The van der Waals surface area contributed by atoms with Gasteiger partial charge in [0.15, 0.2) is 0 Å². The quantitative estimate of drug-likeness (QED) is 0.543. The summed E-state index contributed by atoms with van der Waals surface area (Å²) in [5, 5.41) is 9.06. The zero-order valence-electron chi connectivity index (χ0n) is 20.0. The summed E-state index contributed by atoms with van der Waals surface area (Å²) >= 11 is 0. The largest absolute Gasteiger partial charge is 0.492 e. The maximum Gasteiger partial charge on any atom is 0.307 e. The molecular formula is C27H32N4O3. The number of hydrogen-bond acceptors (Lipinski definition) is 6. The number of hydrogen-bond donors (Lipinski definition) is 1. The lowest BCUT2D eigenvalue weighted by Crippen LogP contribution is -2.58. The molecule has 0 amide bonds. The van der Waals surface area contributed by atoms with E-state index in [0.29, 0.717) is 18.7 Å². The fourth-order valence-electron chi connectivity index (χ4n) is 4.68. The number of carboxylic acid groups (broad SMARTS) is 1. The highest BCUT2D eigenvalue weighted by atomic mass is 16.5. The lowest BCUT2D eigenvalue weighted by Gasteiger charge is -2.44. The van der Waals surface area contributed by atoms with E-state index in [1.807, 2.05) is 55.7 Å². The van der Waals surface area contributed by atoms with Crippen molar-refractivity contribution >= 4 is 11.9 Å². The Morgan fingerprint density at radius 1 is 1.03 bits per heavy atom. The SMILES string of the molecule is Cc1cc(CC(=O)O)cc(OCCN2[C@H](C)CN(c3ncc(-c4ccccc4)cn3)C[C@@H]2C)c1. The lowest BCUT2D eigenvalue weighted by atomic mass is 10.1. The zero-order chi connectivity index (χ0) is 24.1. The van der Waals surface area contributed by atoms with Crippen LogP contribution < -0.4 is 9.64 Å². The molecule has 2 aromatic carbocycles. The minimum atomic E-state index is -0.837. The highest BCUT2D eigenvalue weighted by Crippen LogP contribution is 2.23. The molecule has 34 heavy (non-hydrogen) atoms. The molecule has 0 saturated carbocycles. The van der Waals surface area contributed by atoms with Crippen LogP contribution in [0.2, 0.25) is 0 Å². The molecule has 7 heteroatoms. The number of aryl methyl sites for hydroxylation is 1. The van der Waals surface area contributed by atoms with Gasteiger partial charge in [0.1, 0.15) is 12.4 Å². The Bertz CT molecular complexity index is 1090. The van der Waals surface area contributed by atoms with Gasteiger partial charge in [0.05, 0.1) is 6.42 Å². The van der Waals surface area contributed by atoms with Crippen LogP contribution in [-0.4, -0.2) is 64.3 Å². The fraction of sp³-hybridized carbons (Fsp3) is 0.370. The van der Waals surface area contributed by atoms with Crippen molar-refractivity contribution in [2.45, 2.75) is 39.3 Å². The number of carboxylic acids is 1. The van der Waals surface area contributed by atoms with Crippen LogP contribution in [0.15, 0.2) is 60.9 Å². The molecule has 1 N–H and O–H groups in total. The van der Waals surface area contributed by atoms with E-state index < -0.39 is 5.97 Å². The van der Waals surface area contributed by atoms with Gasteiger partial charge in [-0.2, -0.15) is 0 Å². The summed E-state index contributed by atoms with van der Waals surface area (Å²) in [5.41, 5.74) is 3.90. The van der Waals surface area contributed by atoms with Crippen molar-refractivity contribution in [3.8, 4) is 16.9 Å². The molecule has 1 aliphatic rings. The monoisotopic (exact) mass is 460 g/mol. The highest BCUT2D eigenvalue weighted by Gasteiger charge is 2.30. The van der Waals surface area contributed by atoms with Crippen LogP contribution in [-0.2, 0) is 11.2 Å². The number of carbonyl (C=O) groups is 1. The smallest absolute Gasteiger partial charge is 0.307 e. The summed E-state index contributed by atoms with van der Waals surface area (Å²) in [6.07, 6.45) is 3.80. The standard InChI is InChI=1S/C27H32N4O3/c1-19-11-22(14-26(32)33)13-25(12-19)34-10-9-31-20(2)17-30(18-21(31)3)27-28-15-24(16-29-27)23-7-5-4-6-8-23/h4-8,11-13,15-16,20-21H,9-10,14,17-18H2,1-3H3,(H,32,33)/t20-,21+. The van der Waals surface area contributed by atoms with Gasteiger partial charge in [0.25, 0.3) is 0 Å². The Hall–Kier alpha value is -3.45. The van der Waals surface area contributed by atoms with Crippen molar-refractivity contribution < 1.29 is 14.6 Å². The van der Waals surface area contributed by atoms with Crippen molar-refractivity contribution in [3.63, 3.8) is 0 Å². The molecule has 178 valence electrons. The summed E-state index contributed by atoms with van der Waals surface area (Å²) in [7, 11) is 0. The van der Waals surface area contributed by atoms with Gasteiger partial charge in [-0.15, -0.1) is 0 Å². The molecule has 0 spiro atoms. The molecule has 0 radical (unpaired) electrons. The van der Waals surface area contributed by atoms with Gasteiger partial charge in [-0.05, 0) is 49.6 Å². The first-order valence-corrected chi connectivity index (χ1v) is 11.7. The first-order valence-electron chi connectivity index (χ1n) is 11.7. The number of piperazine rings is 1. The molecular weight excluding hydrogens is 428 g/mol. The molecule has 0 aliphatic carbocycles. The lowest BCUT2D eigenvalue weighted by molar-refractivity contribution is -0.136. The molecule has 2 heterocycles. The number of ether oxygens (including phenoxy) is 1. The molecule has 3 aromatic rings. The second-order valence-corrected chi connectivity index (χ2v) is 9.05. The number of benzene rings is 2. The van der Waals surface area contributed by atoms with Crippen molar-refractivity contribution in [1.29, 1.82) is 0 Å². The predicted octanol–water partition coefficient (Wildman–Crippen LogP) is 4.06. The van der Waals surface area contributed by atoms with Gasteiger partial charge < -0.3 is 14.7 Å². The first-order chi connectivity index (χ1) is 16.4. The van der Waals surface area contributed by atoms with Gasteiger partial charge in [0.2, 0.25) is 5.95 Å². The number of aliphatic carboxylic acids is 1. The Kier molecular flexibility index (Phi) is 7.43. The molecule has 4 rings (SSSR count). The maximum atomic E-state index is 11.0. The molecule has 2 atom stereocenters. The molecule has 0 bridgehead atoms. The van der Waals surface area contributed by atoms with Crippen LogP contribution in [0.4, 0.5) is 5.95 Å². The van der Waals surface area contributed by atoms with Gasteiger partial charge in [0, 0.05) is 49.7 Å². The first kappa shape index (κ1) is 23.7. The summed E-state index contributed by atoms with van der Waals surface area (Å²) in [4.78, 5) is 25.0. The summed E-state index contributed by atoms with van der Waals surface area (Å²) in [5.74, 6) is 0.651. The van der Waals surface area contributed by atoms with Crippen molar-refractivity contribution in [3.05, 3.63) is 72.1 Å². The van der Waals surface area contributed by atoms with Crippen LogP contribution in [0.3, 0.4) is 0 Å². The topological polar surface area (TPSA) is 78.8 Å². The zero-order valence-corrected chi connectivity index (χ0v) is 20.0. The normalized spacial score (nSPS) is 18.6. The van der Waals surface area contributed by atoms with Crippen LogP contribution >= 0.6 is 0 Å². The maximum absolute atomic E-state index is 11.0. The third kappa shape index (κ3) is 5.91. The second kappa shape index (κ2) is 10.7. The van der Waals surface area contributed by atoms with Gasteiger partial charge in [-0.3, -0.25) is 9.69 Å².